The predicted molar refractivity (Wildman–Crippen MR) is 61.5 cm³/mol. The SMILES string of the molecule is CCC(N)C(=O)NC1(C)CCN(C)CC1. The number of likely N-dealkylation sites (tertiary alicyclic amines) is 1. The van der Waals surface area contributed by atoms with E-state index in [1.54, 1.807) is 0 Å². The first kappa shape index (κ1) is 12.5. The van der Waals surface area contributed by atoms with Crippen LogP contribution in [0.2, 0.25) is 0 Å². The summed E-state index contributed by atoms with van der Waals surface area (Å²) in [5.74, 6) is -0.00967. The maximum Gasteiger partial charge on any atom is 0.237 e. The molecule has 0 saturated carbocycles. The van der Waals surface area contributed by atoms with Crippen molar-refractivity contribution in [1.82, 2.24) is 10.2 Å². The Balaban J connectivity index is 2.46. The lowest BCUT2D eigenvalue weighted by molar-refractivity contribution is -0.124. The number of carbonyl (C=O) groups excluding carboxylic acids is 1. The van der Waals surface area contributed by atoms with Gasteiger partial charge in [0.25, 0.3) is 0 Å². The van der Waals surface area contributed by atoms with Crippen molar-refractivity contribution >= 4 is 5.91 Å². The van der Waals surface area contributed by atoms with Gasteiger partial charge < -0.3 is 16.0 Å². The number of nitrogens with one attached hydrogen (secondary N) is 1. The monoisotopic (exact) mass is 213 g/mol. The number of nitrogens with two attached hydrogens (primary N) is 1. The normalized spacial score (nSPS) is 23.5. The first-order chi connectivity index (χ1) is 6.97. The molecule has 1 amide bonds. The Morgan fingerprint density at radius 2 is 2.07 bits per heavy atom. The molecule has 1 saturated heterocycles. The Morgan fingerprint density at radius 1 is 1.53 bits per heavy atom. The van der Waals surface area contributed by atoms with Crippen LogP contribution in [0.1, 0.15) is 33.1 Å². The Labute approximate surface area is 92.2 Å². The lowest BCUT2D eigenvalue weighted by Gasteiger charge is -2.39. The minimum Gasteiger partial charge on any atom is -0.350 e. The van der Waals surface area contributed by atoms with Gasteiger partial charge in [0.2, 0.25) is 5.91 Å². The third-order valence-electron chi connectivity index (χ3n) is 3.29. The summed E-state index contributed by atoms with van der Waals surface area (Å²) in [6.07, 6.45) is 2.71. The van der Waals surface area contributed by atoms with Crippen molar-refractivity contribution in [2.24, 2.45) is 5.73 Å². The molecule has 15 heavy (non-hydrogen) atoms. The molecule has 0 aromatic heterocycles. The van der Waals surface area contributed by atoms with E-state index in [9.17, 15) is 4.79 Å². The van der Waals surface area contributed by atoms with E-state index in [-0.39, 0.29) is 17.5 Å². The van der Waals surface area contributed by atoms with E-state index >= 15 is 0 Å². The van der Waals surface area contributed by atoms with Crippen LogP contribution in [-0.4, -0.2) is 42.5 Å². The molecule has 0 aromatic rings. The van der Waals surface area contributed by atoms with Crippen LogP contribution in [0, 0.1) is 0 Å². The molecule has 0 aromatic carbocycles. The molecule has 4 nitrogen and oxygen atoms in total. The van der Waals surface area contributed by atoms with Gasteiger partial charge in [0, 0.05) is 18.6 Å². The average Bonchev–Trinajstić information content (AvgIpc) is 2.21. The molecule has 4 heteroatoms. The highest BCUT2D eigenvalue weighted by atomic mass is 16.2. The van der Waals surface area contributed by atoms with E-state index in [0.29, 0.717) is 6.42 Å². The number of rotatable bonds is 3. The van der Waals surface area contributed by atoms with Gasteiger partial charge in [0.1, 0.15) is 0 Å². The Bertz CT molecular complexity index is 222. The predicted octanol–water partition coefficient (Wildman–Crippen LogP) is 0.324. The molecule has 1 aliphatic heterocycles. The topological polar surface area (TPSA) is 58.4 Å². The number of hydrogen-bond donors (Lipinski definition) is 2. The number of nitrogens with zero attached hydrogens (tertiary/aromatic N) is 1. The highest BCUT2D eigenvalue weighted by Crippen LogP contribution is 2.20. The molecule has 0 aliphatic carbocycles. The standard InChI is InChI=1S/C11H23N3O/c1-4-9(12)10(15)13-11(2)5-7-14(3)8-6-11/h9H,4-8,12H2,1-3H3,(H,13,15). The summed E-state index contributed by atoms with van der Waals surface area (Å²) in [6, 6.07) is -0.360. The molecule has 0 spiro atoms. The molecule has 1 aliphatic rings. The zero-order chi connectivity index (χ0) is 11.5. The van der Waals surface area contributed by atoms with Crippen molar-refractivity contribution in [2.45, 2.75) is 44.7 Å². The average molecular weight is 213 g/mol. The zero-order valence-corrected chi connectivity index (χ0v) is 10.0. The summed E-state index contributed by atoms with van der Waals surface area (Å²) in [7, 11) is 2.11. The van der Waals surface area contributed by atoms with Gasteiger partial charge in [-0.1, -0.05) is 6.92 Å². The van der Waals surface area contributed by atoms with E-state index in [1.807, 2.05) is 6.92 Å². The van der Waals surface area contributed by atoms with Crippen LogP contribution < -0.4 is 11.1 Å². The molecule has 0 radical (unpaired) electrons. The molecular formula is C11H23N3O. The number of carbonyl (C=O) groups is 1. The van der Waals surface area contributed by atoms with Crippen LogP contribution in [0.15, 0.2) is 0 Å². The largest absolute Gasteiger partial charge is 0.350 e. The molecule has 0 bridgehead atoms. The Morgan fingerprint density at radius 3 is 2.53 bits per heavy atom. The van der Waals surface area contributed by atoms with Gasteiger partial charge in [-0.05, 0) is 33.2 Å². The van der Waals surface area contributed by atoms with E-state index in [1.165, 1.54) is 0 Å². The third kappa shape index (κ3) is 3.47. The molecule has 1 atom stereocenters. The van der Waals surface area contributed by atoms with Crippen molar-refractivity contribution in [3.05, 3.63) is 0 Å². The van der Waals surface area contributed by atoms with Crippen LogP contribution >= 0.6 is 0 Å². The second-order valence-corrected chi connectivity index (χ2v) is 4.87. The van der Waals surface area contributed by atoms with E-state index < -0.39 is 0 Å². The van der Waals surface area contributed by atoms with Gasteiger partial charge in [-0.2, -0.15) is 0 Å². The molecular weight excluding hydrogens is 190 g/mol. The van der Waals surface area contributed by atoms with Crippen LogP contribution in [0.4, 0.5) is 0 Å². The fourth-order valence-electron chi connectivity index (χ4n) is 1.81. The van der Waals surface area contributed by atoms with Gasteiger partial charge in [0.15, 0.2) is 0 Å². The smallest absolute Gasteiger partial charge is 0.237 e. The minimum atomic E-state index is -0.360. The zero-order valence-electron chi connectivity index (χ0n) is 10.0. The maximum atomic E-state index is 11.7. The first-order valence-electron chi connectivity index (χ1n) is 5.73. The summed E-state index contributed by atoms with van der Waals surface area (Å²) in [5, 5.41) is 3.08. The molecule has 1 fully saturated rings. The van der Waals surface area contributed by atoms with Gasteiger partial charge in [-0.25, -0.2) is 0 Å². The van der Waals surface area contributed by atoms with Gasteiger partial charge in [0.05, 0.1) is 6.04 Å². The van der Waals surface area contributed by atoms with Crippen molar-refractivity contribution in [3.63, 3.8) is 0 Å². The highest BCUT2D eigenvalue weighted by Gasteiger charge is 2.31. The molecule has 1 heterocycles. The third-order valence-corrected chi connectivity index (χ3v) is 3.29. The quantitative estimate of drug-likeness (QED) is 0.710. The van der Waals surface area contributed by atoms with Gasteiger partial charge >= 0.3 is 0 Å². The Hall–Kier alpha value is -0.610. The second-order valence-electron chi connectivity index (χ2n) is 4.87. The van der Waals surface area contributed by atoms with Crippen molar-refractivity contribution < 1.29 is 4.79 Å². The summed E-state index contributed by atoms with van der Waals surface area (Å²) in [6.45, 7) is 6.12. The van der Waals surface area contributed by atoms with Crippen molar-refractivity contribution in [1.29, 1.82) is 0 Å². The summed E-state index contributed by atoms with van der Waals surface area (Å²) < 4.78 is 0. The maximum absolute atomic E-state index is 11.7. The number of amides is 1. The van der Waals surface area contributed by atoms with Crippen LogP contribution in [-0.2, 0) is 4.79 Å². The Kier molecular flexibility index (Phi) is 4.11. The number of hydrogen-bond acceptors (Lipinski definition) is 3. The fourth-order valence-corrected chi connectivity index (χ4v) is 1.81. The fraction of sp³-hybridized carbons (Fsp3) is 0.909. The second kappa shape index (κ2) is 4.94. The van der Waals surface area contributed by atoms with Crippen molar-refractivity contribution in [2.75, 3.05) is 20.1 Å². The molecule has 1 unspecified atom stereocenters. The first-order valence-corrected chi connectivity index (χ1v) is 5.73. The molecule has 1 rings (SSSR count). The van der Waals surface area contributed by atoms with Gasteiger partial charge in [-0.15, -0.1) is 0 Å². The molecule has 88 valence electrons. The summed E-state index contributed by atoms with van der Waals surface area (Å²) >= 11 is 0. The van der Waals surface area contributed by atoms with Gasteiger partial charge in [-0.3, -0.25) is 4.79 Å². The van der Waals surface area contributed by atoms with E-state index in [2.05, 4.69) is 24.2 Å². The van der Waals surface area contributed by atoms with E-state index in [0.717, 1.165) is 25.9 Å². The van der Waals surface area contributed by atoms with Crippen LogP contribution in [0.25, 0.3) is 0 Å². The van der Waals surface area contributed by atoms with Crippen LogP contribution in [0.3, 0.4) is 0 Å². The number of piperidine rings is 1. The van der Waals surface area contributed by atoms with Crippen LogP contribution in [0.5, 0.6) is 0 Å². The highest BCUT2D eigenvalue weighted by molar-refractivity contribution is 5.82. The molecule has 3 N–H and O–H groups in total. The summed E-state index contributed by atoms with van der Waals surface area (Å²) in [5.41, 5.74) is 5.64. The van der Waals surface area contributed by atoms with E-state index in [4.69, 9.17) is 5.73 Å². The lowest BCUT2D eigenvalue weighted by atomic mass is 9.89. The lowest BCUT2D eigenvalue weighted by Crippen LogP contribution is -2.56. The van der Waals surface area contributed by atoms with Crippen molar-refractivity contribution in [3.8, 4) is 0 Å². The summed E-state index contributed by atoms with van der Waals surface area (Å²) in [4.78, 5) is 14.0. The minimum absolute atomic E-state index is 0.00967.